The quantitative estimate of drug-likeness (QED) is 0.0165. The molecule has 0 saturated heterocycles. The van der Waals surface area contributed by atoms with Crippen molar-refractivity contribution in [1.82, 2.24) is 63.5 Å². The van der Waals surface area contributed by atoms with Crippen molar-refractivity contribution in [1.29, 1.82) is 0 Å². The number of carboxylic acid groups (broad SMARTS) is 1. The fraction of sp³-hybridized carbons (Fsp3) is 0.565. The molecular weight excluding hydrogens is 1190 g/mol. The number of carboxylic acids is 1. The lowest BCUT2D eigenvalue weighted by molar-refractivity contribution is -0.143. The summed E-state index contributed by atoms with van der Waals surface area (Å²) in [6, 6.07) is 3.14. The molecule has 30 nitrogen and oxygen atoms in total. The predicted octanol–water partition coefficient (Wildman–Crippen LogP) is -2.16. The van der Waals surface area contributed by atoms with Gasteiger partial charge in [0.2, 0.25) is 65.0 Å². The number of carbonyl (C=O) groups excluding carboxylic acids is 11. The zero-order valence-corrected chi connectivity index (χ0v) is 54.3. The Morgan fingerprint density at radius 2 is 0.967 bits per heavy atom. The van der Waals surface area contributed by atoms with Crippen LogP contribution in [0.2, 0.25) is 0 Å². The van der Waals surface area contributed by atoms with Gasteiger partial charge in [-0.2, -0.15) is 0 Å². The number of carbonyl (C=O) groups is 12. The molecule has 0 radical (unpaired) electrons. The number of hydrogen-bond acceptors (Lipinski definition) is 15. The van der Waals surface area contributed by atoms with Crippen molar-refractivity contribution in [3.8, 4) is 0 Å². The van der Waals surface area contributed by atoms with Crippen molar-refractivity contribution in [2.24, 2.45) is 45.9 Å². The van der Waals surface area contributed by atoms with Crippen molar-refractivity contribution in [2.45, 2.75) is 181 Å². The van der Waals surface area contributed by atoms with Gasteiger partial charge in [-0.25, -0.2) is 4.79 Å². The van der Waals surface area contributed by atoms with Crippen LogP contribution in [-0.4, -0.2) is 178 Å². The van der Waals surface area contributed by atoms with Crippen LogP contribution < -0.4 is 75.7 Å². The molecule has 2 aromatic carbocycles. The Morgan fingerprint density at radius 3 is 1.49 bits per heavy atom. The molecule has 0 aliphatic heterocycles. The average molecular weight is 1290 g/mol. The Hall–Kier alpha value is -9.19. The van der Waals surface area contributed by atoms with Gasteiger partial charge in [-0.05, 0) is 87.3 Å². The van der Waals surface area contributed by atoms with Crippen LogP contribution in [0, 0.1) is 23.7 Å². The van der Waals surface area contributed by atoms with E-state index < -0.39 is 162 Å². The van der Waals surface area contributed by atoms with Crippen molar-refractivity contribution in [2.75, 3.05) is 19.6 Å². The minimum atomic E-state index is -1.71. The molecule has 1 heterocycles. The summed E-state index contributed by atoms with van der Waals surface area (Å²) >= 11 is 0. The minimum absolute atomic E-state index is 0.0396. The molecule has 0 bridgehead atoms. The fourth-order valence-corrected chi connectivity index (χ4v) is 9.48. The molecule has 3 aromatic rings. The summed E-state index contributed by atoms with van der Waals surface area (Å²) in [7, 11) is 0. The molecular formula is C62H96N16O14. The lowest BCUT2D eigenvalue weighted by Gasteiger charge is -2.28. The summed E-state index contributed by atoms with van der Waals surface area (Å²) in [5.41, 5.74) is 18.6. The van der Waals surface area contributed by atoms with E-state index in [9.17, 15) is 67.7 Å². The van der Waals surface area contributed by atoms with E-state index in [2.05, 4.69) is 68.5 Å². The first kappa shape index (κ1) is 77.1. The molecule has 1 aromatic heterocycles. The first-order chi connectivity index (χ1) is 43.2. The molecule has 508 valence electrons. The summed E-state index contributed by atoms with van der Waals surface area (Å²) in [5.74, 6) is -11.9. The van der Waals surface area contributed by atoms with Gasteiger partial charge < -0.3 is 90.9 Å². The van der Waals surface area contributed by atoms with Crippen LogP contribution in [0.1, 0.15) is 113 Å². The zero-order valence-electron chi connectivity index (χ0n) is 54.3. The molecule has 0 aliphatic carbocycles. The van der Waals surface area contributed by atoms with E-state index in [-0.39, 0.29) is 62.9 Å². The zero-order chi connectivity index (χ0) is 69.1. The Balaban J connectivity index is 1.78. The van der Waals surface area contributed by atoms with E-state index in [1.54, 1.807) is 116 Å². The van der Waals surface area contributed by atoms with Gasteiger partial charge >= 0.3 is 5.97 Å². The number of nitrogens with zero attached hydrogens (tertiary/aromatic N) is 1. The van der Waals surface area contributed by atoms with Gasteiger partial charge in [-0.3, -0.25) is 57.7 Å². The fourth-order valence-electron chi connectivity index (χ4n) is 9.48. The van der Waals surface area contributed by atoms with Gasteiger partial charge in [0.1, 0.15) is 54.4 Å². The number of rotatable bonds is 38. The molecule has 11 atom stereocenters. The van der Waals surface area contributed by atoms with Gasteiger partial charge in [0, 0.05) is 36.5 Å². The van der Waals surface area contributed by atoms with E-state index >= 15 is 0 Å². The minimum Gasteiger partial charge on any atom is -0.480 e. The SMILES string of the molecule is CC(C)C[C@H](NC(=O)[C@H](C)NC(=O)[C@H](CC(C)C)NC(=O)[C@@H](NC(=O)CNC(=O)[C@H](Cc1ccccc1)NC(=O)[C@H](C)N)C(C)C)C(=O)N[C@@H](Cc1c[nH]c2ccccc12)C(=O)NCC(=O)N[C@H](C(=O)N[C@@H](CCCN=C(N)N)C(=O)N[C@H](C(=O)O)C(C)C)[C@@H](C)O. The monoisotopic (exact) mass is 1290 g/mol. The number of aromatic nitrogens is 1. The third-order valence-corrected chi connectivity index (χ3v) is 14.5. The lowest BCUT2D eigenvalue weighted by Crippen LogP contribution is -2.60. The number of nitrogens with one attached hydrogen (secondary N) is 12. The summed E-state index contributed by atoms with van der Waals surface area (Å²) in [6.45, 7) is 16.3. The topological polar surface area (TPSA) is 484 Å². The van der Waals surface area contributed by atoms with E-state index in [0.717, 1.165) is 5.56 Å². The first-order valence-electron chi connectivity index (χ1n) is 30.8. The maximum Gasteiger partial charge on any atom is 0.326 e. The lowest BCUT2D eigenvalue weighted by atomic mass is 9.99. The number of aliphatic imine (C=N–C) groups is 1. The second-order valence-electron chi connectivity index (χ2n) is 24.4. The summed E-state index contributed by atoms with van der Waals surface area (Å²) in [6.07, 6.45) is 0.206. The van der Waals surface area contributed by atoms with Crippen LogP contribution in [0.15, 0.2) is 65.8 Å². The standard InChI is InChI=1S/C62H96N16O14/c1-31(2)24-43(75-59(89)49(33(5)6)76-47(80)29-68-54(84)45(72-52(82)35(9)63)26-38-18-13-12-14-19-38)57(87)70-36(10)53(83)73-44(25-32(3)4)58(88)74-46(27-39-28-67-41-21-16-15-20-40(39)41)55(85)69-30-48(81)77-51(37(11)79)60(90)71-42(22-17-23-66-62(64)65)56(86)78-50(34(7)8)61(91)92/h12-16,18-21,28,31-37,42-46,49-51,67,79H,17,22-27,29-30,63H2,1-11H3,(H,68,84)(H,69,85)(H,70,87)(H,71,90)(H,72,82)(H,73,83)(H,74,88)(H,75,89)(H,76,80)(H,77,81)(H,78,86)(H,91,92)(H4,64,65,66)/t35-,36-,37+,42-,43-,44-,45-,46-,49-,50-,51-/m0/s1. The number of fused-ring (bicyclic) bond motifs is 1. The third kappa shape index (κ3) is 26.3. The molecule has 0 aliphatic rings. The number of nitrogens with two attached hydrogens (primary N) is 3. The summed E-state index contributed by atoms with van der Waals surface area (Å²) in [4.78, 5) is 169. The Labute approximate surface area is 535 Å². The Morgan fingerprint density at radius 1 is 0.500 bits per heavy atom. The number of aliphatic hydroxyl groups is 1. The molecule has 0 saturated carbocycles. The molecule has 30 heteroatoms. The second kappa shape index (κ2) is 37.8. The maximum absolute atomic E-state index is 14.4. The van der Waals surface area contributed by atoms with Gasteiger partial charge in [-0.1, -0.05) is 104 Å². The number of aromatic amines is 1. The molecule has 3 rings (SSSR count). The third-order valence-electron chi connectivity index (χ3n) is 14.5. The highest BCUT2D eigenvalue weighted by molar-refractivity contribution is 5.99. The number of aliphatic carboxylic acids is 1. The number of aliphatic hydroxyl groups excluding tert-OH is 1. The summed E-state index contributed by atoms with van der Waals surface area (Å²) in [5, 5.41) is 49.2. The van der Waals surface area contributed by atoms with Crippen molar-refractivity contribution < 1.29 is 67.7 Å². The predicted molar refractivity (Wildman–Crippen MR) is 343 cm³/mol. The van der Waals surface area contributed by atoms with Crippen LogP contribution >= 0.6 is 0 Å². The van der Waals surface area contributed by atoms with Gasteiger partial charge in [-0.15, -0.1) is 0 Å². The summed E-state index contributed by atoms with van der Waals surface area (Å²) < 4.78 is 0. The van der Waals surface area contributed by atoms with Crippen LogP contribution in [0.4, 0.5) is 0 Å². The maximum atomic E-state index is 14.4. The number of guanidine groups is 1. The van der Waals surface area contributed by atoms with Crippen LogP contribution in [0.25, 0.3) is 10.9 Å². The van der Waals surface area contributed by atoms with Crippen LogP contribution in [0.5, 0.6) is 0 Å². The van der Waals surface area contributed by atoms with Gasteiger partial charge in [0.15, 0.2) is 5.96 Å². The van der Waals surface area contributed by atoms with Crippen LogP contribution in [0.3, 0.4) is 0 Å². The highest BCUT2D eigenvalue weighted by Crippen LogP contribution is 2.20. The number of para-hydroxylation sites is 1. The average Bonchev–Trinajstić information content (AvgIpc) is 1.72. The molecule has 92 heavy (non-hydrogen) atoms. The van der Waals surface area contributed by atoms with Gasteiger partial charge in [0.25, 0.3) is 0 Å². The number of hydrogen-bond donors (Lipinski definition) is 17. The molecule has 0 spiro atoms. The molecule has 11 amide bonds. The van der Waals surface area contributed by atoms with E-state index in [1.807, 2.05) is 0 Å². The largest absolute Gasteiger partial charge is 0.480 e. The Kier molecular flexibility index (Phi) is 31.7. The molecule has 0 unspecified atom stereocenters. The first-order valence-corrected chi connectivity index (χ1v) is 30.8. The van der Waals surface area contributed by atoms with Crippen molar-refractivity contribution in [3.63, 3.8) is 0 Å². The van der Waals surface area contributed by atoms with Crippen molar-refractivity contribution >= 4 is 87.8 Å². The number of amides is 11. The molecule has 0 fully saturated rings. The second-order valence-corrected chi connectivity index (χ2v) is 24.4. The Bertz CT molecular complexity index is 3040. The smallest absolute Gasteiger partial charge is 0.326 e. The highest BCUT2D eigenvalue weighted by Gasteiger charge is 2.36. The highest BCUT2D eigenvalue weighted by atomic mass is 16.4. The van der Waals surface area contributed by atoms with E-state index in [0.29, 0.717) is 16.5 Å². The van der Waals surface area contributed by atoms with Crippen molar-refractivity contribution in [3.05, 3.63) is 71.9 Å². The van der Waals surface area contributed by atoms with E-state index in [4.69, 9.17) is 17.2 Å². The van der Waals surface area contributed by atoms with Crippen LogP contribution in [-0.2, 0) is 70.4 Å². The molecule has 20 N–H and O–H groups in total. The number of H-pyrrole nitrogens is 1. The normalized spacial score (nSPS) is 14.9. The van der Waals surface area contributed by atoms with Gasteiger partial charge in [0.05, 0.1) is 25.2 Å². The number of benzene rings is 2. The van der Waals surface area contributed by atoms with E-state index in [1.165, 1.54) is 20.8 Å².